The van der Waals surface area contributed by atoms with Gasteiger partial charge in [-0.05, 0) is 17.7 Å². The van der Waals surface area contributed by atoms with Crippen molar-refractivity contribution >= 4 is 21.8 Å². The van der Waals surface area contributed by atoms with Gasteiger partial charge in [0.05, 0.1) is 23.8 Å². The van der Waals surface area contributed by atoms with E-state index in [1.807, 2.05) is 48.5 Å². The zero-order chi connectivity index (χ0) is 20.5. The summed E-state index contributed by atoms with van der Waals surface area (Å²) >= 11 is 0. The minimum Gasteiger partial charge on any atom is -0.488 e. The van der Waals surface area contributed by atoms with E-state index < -0.39 is 0 Å². The van der Waals surface area contributed by atoms with Crippen molar-refractivity contribution in [3.63, 3.8) is 0 Å². The van der Waals surface area contributed by atoms with Gasteiger partial charge in [-0.25, -0.2) is 0 Å². The first-order chi connectivity index (χ1) is 14.7. The molecule has 0 radical (unpaired) electrons. The molecule has 0 bridgehead atoms. The number of benzene rings is 2. The molecule has 1 N–H and O–H groups in total. The summed E-state index contributed by atoms with van der Waals surface area (Å²) in [4.78, 5) is 12.4. The predicted molar refractivity (Wildman–Crippen MR) is 113 cm³/mol. The molecule has 2 aromatic carbocycles. The summed E-state index contributed by atoms with van der Waals surface area (Å²) in [6.07, 6.45) is 1.79. The molecule has 0 aliphatic heterocycles. The third-order valence-corrected chi connectivity index (χ3v) is 4.99. The second kappa shape index (κ2) is 7.61. The number of aryl methyl sites for hydroxylation is 1. The van der Waals surface area contributed by atoms with E-state index in [4.69, 9.17) is 14.0 Å². The highest BCUT2D eigenvalue weighted by Gasteiger charge is 2.20. The monoisotopic (exact) mass is 400 g/mol. The Labute approximate surface area is 172 Å². The molecule has 150 valence electrons. The van der Waals surface area contributed by atoms with Crippen molar-refractivity contribution in [1.29, 1.82) is 0 Å². The quantitative estimate of drug-likeness (QED) is 0.441. The Kier molecular flexibility index (Phi) is 4.65. The van der Waals surface area contributed by atoms with Gasteiger partial charge in [-0.15, -0.1) is 0 Å². The second-order valence-corrected chi connectivity index (χ2v) is 7.02. The molecule has 3 aromatic heterocycles. The van der Waals surface area contributed by atoms with Gasteiger partial charge in [-0.1, -0.05) is 41.6 Å². The van der Waals surface area contributed by atoms with Gasteiger partial charge in [0.15, 0.2) is 0 Å². The number of pyridine rings is 1. The number of aromatic nitrogens is 4. The lowest BCUT2D eigenvalue weighted by molar-refractivity contribution is 0.186. The van der Waals surface area contributed by atoms with Gasteiger partial charge < -0.3 is 19.0 Å². The van der Waals surface area contributed by atoms with Gasteiger partial charge in [0, 0.05) is 30.4 Å². The Balaban J connectivity index is 1.69. The first-order valence-electron chi connectivity index (χ1n) is 9.63. The van der Waals surface area contributed by atoms with Crippen LogP contribution in [0.25, 0.3) is 33.3 Å². The molecular weight excluding hydrogens is 380 g/mol. The Morgan fingerprint density at radius 2 is 1.83 bits per heavy atom. The molecule has 0 aliphatic carbocycles. The highest BCUT2D eigenvalue weighted by molar-refractivity contribution is 6.12. The Morgan fingerprint density at radius 3 is 2.60 bits per heavy atom. The van der Waals surface area contributed by atoms with Gasteiger partial charge in [0.25, 0.3) is 0 Å². The third-order valence-electron chi connectivity index (χ3n) is 4.99. The van der Waals surface area contributed by atoms with Gasteiger partial charge in [0.1, 0.15) is 18.1 Å². The summed E-state index contributed by atoms with van der Waals surface area (Å²) in [6, 6.07) is 16.1. The van der Waals surface area contributed by atoms with Crippen molar-refractivity contribution in [2.24, 2.45) is 0 Å². The highest BCUT2D eigenvalue weighted by Crippen LogP contribution is 2.38. The summed E-state index contributed by atoms with van der Waals surface area (Å²) in [5, 5.41) is 6.03. The molecule has 0 unspecified atom stereocenters. The van der Waals surface area contributed by atoms with Crippen LogP contribution >= 0.6 is 0 Å². The minimum atomic E-state index is 0.354. The topological polar surface area (TPSA) is 86.1 Å². The number of H-pyrrole nitrogens is 1. The van der Waals surface area contributed by atoms with E-state index in [2.05, 4.69) is 20.1 Å². The van der Waals surface area contributed by atoms with Gasteiger partial charge in [0.2, 0.25) is 11.7 Å². The van der Waals surface area contributed by atoms with E-state index in [1.54, 1.807) is 20.2 Å². The maximum Gasteiger partial charge on any atom is 0.223 e. The first kappa shape index (κ1) is 18.3. The lowest BCUT2D eigenvalue weighted by Crippen LogP contribution is -1.99. The molecule has 3 heterocycles. The zero-order valence-corrected chi connectivity index (χ0v) is 16.7. The van der Waals surface area contributed by atoms with Crippen LogP contribution in [0, 0.1) is 6.92 Å². The van der Waals surface area contributed by atoms with Crippen molar-refractivity contribution < 1.29 is 14.0 Å². The highest BCUT2D eigenvalue weighted by atomic mass is 16.5. The van der Waals surface area contributed by atoms with E-state index in [9.17, 15) is 0 Å². The van der Waals surface area contributed by atoms with Crippen molar-refractivity contribution in [3.05, 3.63) is 71.7 Å². The lowest BCUT2D eigenvalue weighted by atomic mass is 10.0. The SMILES string of the molecule is COCc1c(-c2noc(C)n2)ncc2[nH]c3cccc(OCc4ccccc4)c3c12. The lowest BCUT2D eigenvalue weighted by Gasteiger charge is -2.11. The van der Waals surface area contributed by atoms with Crippen LogP contribution in [0.2, 0.25) is 0 Å². The van der Waals surface area contributed by atoms with Crippen molar-refractivity contribution in [2.45, 2.75) is 20.1 Å². The fourth-order valence-electron chi connectivity index (χ4n) is 3.70. The summed E-state index contributed by atoms with van der Waals surface area (Å²) in [5.74, 6) is 1.72. The van der Waals surface area contributed by atoms with Crippen LogP contribution < -0.4 is 4.74 Å². The number of fused-ring (bicyclic) bond motifs is 3. The van der Waals surface area contributed by atoms with E-state index in [1.165, 1.54) is 0 Å². The van der Waals surface area contributed by atoms with Crippen LogP contribution in [-0.2, 0) is 18.0 Å². The van der Waals surface area contributed by atoms with E-state index in [-0.39, 0.29) is 0 Å². The number of hydrogen-bond donors (Lipinski definition) is 1. The first-order valence-corrected chi connectivity index (χ1v) is 9.63. The molecule has 7 heteroatoms. The summed E-state index contributed by atoms with van der Waals surface area (Å²) < 4.78 is 16.9. The van der Waals surface area contributed by atoms with Gasteiger partial charge in [-0.3, -0.25) is 4.98 Å². The molecule has 30 heavy (non-hydrogen) atoms. The Hall–Kier alpha value is -3.71. The number of nitrogens with zero attached hydrogens (tertiary/aromatic N) is 3. The van der Waals surface area contributed by atoms with Gasteiger partial charge in [-0.2, -0.15) is 4.98 Å². The van der Waals surface area contributed by atoms with Gasteiger partial charge >= 0.3 is 0 Å². The van der Waals surface area contributed by atoms with E-state index in [0.717, 1.165) is 38.7 Å². The summed E-state index contributed by atoms with van der Waals surface area (Å²) in [6.45, 7) is 2.59. The van der Waals surface area contributed by atoms with Crippen LogP contribution in [-0.4, -0.2) is 27.2 Å². The molecule has 5 aromatic rings. The zero-order valence-electron chi connectivity index (χ0n) is 16.7. The molecule has 0 spiro atoms. The smallest absolute Gasteiger partial charge is 0.223 e. The number of nitrogens with one attached hydrogen (secondary N) is 1. The van der Waals surface area contributed by atoms with Crippen molar-refractivity contribution in [3.8, 4) is 17.3 Å². The van der Waals surface area contributed by atoms with Crippen LogP contribution in [0.15, 0.2) is 59.3 Å². The molecular formula is C23H20N4O3. The van der Waals surface area contributed by atoms with Crippen LogP contribution in [0.3, 0.4) is 0 Å². The molecule has 0 atom stereocenters. The van der Waals surface area contributed by atoms with Crippen LogP contribution in [0.4, 0.5) is 0 Å². The van der Waals surface area contributed by atoms with E-state index >= 15 is 0 Å². The second-order valence-electron chi connectivity index (χ2n) is 7.02. The average Bonchev–Trinajstić information content (AvgIpc) is 3.37. The Morgan fingerprint density at radius 1 is 0.967 bits per heavy atom. The average molecular weight is 400 g/mol. The number of aromatic amines is 1. The molecule has 0 saturated carbocycles. The molecule has 0 fully saturated rings. The normalized spacial score (nSPS) is 11.4. The standard InChI is InChI=1S/C23H20N4O3/c1-14-25-23(27-30-14)22-16(13-28-2)20-18(11-24-22)26-17-9-6-10-19(21(17)20)29-12-15-7-4-3-5-8-15/h3-11,26H,12-13H2,1-2H3. The maximum atomic E-state index is 6.22. The van der Waals surface area contributed by atoms with Crippen molar-refractivity contribution in [1.82, 2.24) is 20.1 Å². The molecule has 7 nitrogen and oxygen atoms in total. The summed E-state index contributed by atoms with van der Waals surface area (Å²) in [5.41, 5.74) is 4.50. The molecule has 5 rings (SSSR count). The fourth-order valence-corrected chi connectivity index (χ4v) is 3.70. The molecule has 0 amide bonds. The minimum absolute atomic E-state index is 0.354. The number of hydrogen-bond acceptors (Lipinski definition) is 6. The molecule has 0 saturated heterocycles. The van der Waals surface area contributed by atoms with Crippen molar-refractivity contribution in [2.75, 3.05) is 7.11 Å². The fraction of sp³-hybridized carbons (Fsp3) is 0.174. The Bertz CT molecular complexity index is 1320. The van der Waals surface area contributed by atoms with Crippen LogP contribution in [0.1, 0.15) is 17.0 Å². The number of ether oxygens (including phenoxy) is 2. The van der Waals surface area contributed by atoms with Crippen LogP contribution in [0.5, 0.6) is 5.75 Å². The maximum absolute atomic E-state index is 6.22. The predicted octanol–water partition coefficient (Wildman–Crippen LogP) is 4.80. The number of rotatable bonds is 6. The van der Waals surface area contributed by atoms with E-state index in [0.29, 0.717) is 30.6 Å². The third kappa shape index (κ3) is 3.19. The number of methoxy groups -OCH3 is 1. The molecule has 0 aliphatic rings. The summed E-state index contributed by atoms with van der Waals surface area (Å²) in [7, 11) is 1.66. The largest absolute Gasteiger partial charge is 0.488 e.